The summed E-state index contributed by atoms with van der Waals surface area (Å²) in [4.78, 5) is 36.5. The number of phenolic OH excluding ortho intramolecular Hbond substituents is 1. The summed E-state index contributed by atoms with van der Waals surface area (Å²) in [6, 6.07) is 18.9. The maximum absolute atomic E-state index is 12.6. The number of amides is 3. The van der Waals surface area contributed by atoms with Crippen LogP contribution in [-0.2, 0) is 0 Å². The van der Waals surface area contributed by atoms with Crippen molar-refractivity contribution in [2.24, 2.45) is 5.73 Å². The van der Waals surface area contributed by atoms with Crippen LogP contribution in [0, 0.1) is 0 Å². The number of nitrogens with two attached hydrogens (primary N) is 1. The van der Waals surface area contributed by atoms with E-state index in [1.54, 1.807) is 42.5 Å². The predicted molar refractivity (Wildman–Crippen MR) is 105 cm³/mol. The largest absolute Gasteiger partial charge is 0.506 e. The third-order valence-electron chi connectivity index (χ3n) is 3.93. The van der Waals surface area contributed by atoms with Crippen LogP contribution in [0.3, 0.4) is 0 Å². The van der Waals surface area contributed by atoms with E-state index >= 15 is 0 Å². The van der Waals surface area contributed by atoms with Gasteiger partial charge < -0.3 is 21.5 Å². The molecule has 0 aliphatic carbocycles. The molecule has 3 aromatic carbocycles. The average molecular weight is 375 g/mol. The number of carbonyl (C=O) groups excluding carboxylic acids is 3. The summed E-state index contributed by atoms with van der Waals surface area (Å²) in [5.74, 6) is -1.80. The molecule has 0 saturated carbocycles. The Morgan fingerprint density at radius 2 is 1.32 bits per heavy atom. The Kier molecular flexibility index (Phi) is 5.36. The molecule has 0 spiro atoms. The molecular formula is C21H17N3O4. The molecule has 3 aromatic rings. The molecular weight excluding hydrogens is 358 g/mol. The van der Waals surface area contributed by atoms with E-state index in [0.717, 1.165) is 0 Å². The number of aromatic hydroxyl groups is 1. The second kappa shape index (κ2) is 8.05. The molecule has 0 atom stereocenters. The highest BCUT2D eigenvalue weighted by Crippen LogP contribution is 2.23. The van der Waals surface area contributed by atoms with Crippen LogP contribution in [0.4, 0.5) is 11.4 Å². The van der Waals surface area contributed by atoms with Gasteiger partial charge in [0.25, 0.3) is 11.8 Å². The van der Waals surface area contributed by atoms with Gasteiger partial charge in [-0.05, 0) is 42.5 Å². The van der Waals surface area contributed by atoms with Gasteiger partial charge in [-0.25, -0.2) is 0 Å². The molecule has 0 saturated heterocycles. The van der Waals surface area contributed by atoms with Crippen molar-refractivity contribution < 1.29 is 19.5 Å². The van der Waals surface area contributed by atoms with Crippen LogP contribution in [0.15, 0.2) is 72.8 Å². The van der Waals surface area contributed by atoms with Crippen molar-refractivity contribution in [2.75, 3.05) is 10.6 Å². The molecule has 0 bridgehead atoms. The number of benzene rings is 3. The van der Waals surface area contributed by atoms with Gasteiger partial charge in [-0.15, -0.1) is 0 Å². The van der Waals surface area contributed by atoms with E-state index in [0.29, 0.717) is 5.56 Å². The zero-order valence-corrected chi connectivity index (χ0v) is 14.7. The molecule has 0 fully saturated rings. The number of hydrogen-bond donors (Lipinski definition) is 4. The second-order valence-corrected chi connectivity index (χ2v) is 5.95. The van der Waals surface area contributed by atoms with E-state index in [-0.39, 0.29) is 28.3 Å². The molecule has 0 radical (unpaired) electrons. The van der Waals surface area contributed by atoms with Crippen LogP contribution in [-0.4, -0.2) is 22.8 Å². The fourth-order valence-corrected chi connectivity index (χ4v) is 2.54. The first-order chi connectivity index (χ1) is 13.4. The number of nitrogens with one attached hydrogen (secondary N) is 2. The van der Waals surface area contributed by atoms with E-state index in [1.807, 2.05) is 0 Å². The molecule has 0 unspecified atom stereocenters. The quantitative estimate of drug-likeness (QED) is 0.512. The highest BCUT2D eigenvalue weighted by atomic mass is 16.3. The average Bonchev–Trinajstić information content (AvgIpc) is 2.70. The van der Waals surface area contributed by atoms with E-state index in [4.69, 9.17) is 5.73 Å². The van der Waals surface area contributed by atoms with Gasteiger partial charge in [0.05, 0.1) is 5.69 Å². The summed E-state index contributed by atoms with van der Waals surface area (Å²) in [7, 11) is 0. The Hall–Kier alpha value is -4.13. The van der Waals surface area contributed by atoms with E-state index in [1.165, 1.54) is 30.3 Å². The molecule has 7 nitrogen and oxygen atoms in total. The predicted octanol–water partition coefficient (Wildman–Crippen LogP) is 3.00. The van der Waals surface area contributed by atoms with Crippen molar-refractivity contribution in [3.63, 3.8) is 0 Å². The topological polar surface area (TPSA) is 122 Å². The Morgan fingerprint density at radius 1 is 0.714 bits per heavy atom. The Labute approximate surface area is 160 Å². The van der Waals surface area contributed by atoms with Gasteiger partial charge in [0.1, 0.15) is 5.75 Å². The standard InChI is InChI=1S/C21H17N3O4/c22-19(26)14-10-15(21(28)24-17-8-4-5-9-18(17)25)12-16(11-14)23-20(27)13-6-2-1-3-7-13/h1-12,25H,(H2,22,26)(H,23,27)(H,24,28). The molecule has 28 heavy (non-hydrogen) atoms. The summed E-state index contributed by atoms with van der Waals surface area (Å²) in [5.41, 5.74) is 6.39. The fourth-order valence-electron chi connectivity index (χ4n) is 2.54. The summed E-state index contributed by atoms with van der Waals surface area (Å²) >= 11 is 0. The van der Waals surface area contributed by atoms with Gasteiger partial charge in [-0.2, -0.15) is 0 Å². The lowest BCUT2D eigenvalue weighted by molar-refractivity contribution is 0.0996. The SMILES string of the molecule is NC(=O)c1cc(NC(=O)c2ccccc2)cc(C(=O)Nc2ccccc2O)c1. The van der Waals surface area contributed by atoms with Gasteiger partial charge in [-0.3, -0.25) is 14.4 Å². The Bertz CT molecular complexity index is 1050. The Morgan fingerprint density at radius 3 is 2.00 bits per heavy atom. The van der Waals surface area contributed by atoms with Crippen LogP contribution in [0.1, 0.15) is 31.1 Å². The lowest BCUT2D eigenvalue weighted by Crippen LogP contribution is -2.18. The third kappa shape index (κ3) is 4.34. The van der Waals surface area contributed by atoms with Gasteiger partial charge >= 0.3 is 0 Å². The molecule has 3 amide bonds. The van der Waals surface area contributed by atoms with Crippen LogP contribution < -0.4 is 16.4 Å². The molecule has 0 heterocycles. The number of rotatable bonds is 5. The monoisotopic (exact) mass is 375 g/mol. The maximum Gasteiger partial charge on any atom is 0.255 e. The van der Waals surface area contributed by atoms with Gasteiger partial charge in [-0.1, -0.05) is 30.3 Å². The lowest BCUT2D eigenvalue weighted by Gasteiger charge is -2.11. The van der Waals surface area contributed by atoms with Crippen LogP contribution >= 0.6 is 0 Å². The molecule has 3 rings (SSSR count). The van der Waals surface area contributed by atoms with E-state index < -0.39 is 17.7 Å². The Balaban J connectivity index is 1.89. The first-order valence-electron chi connectivity index (χ1n) is 8.34. The molecule has 7 heteroatoms. The van der Waals surface area contributed by atoms with Crippen molar-refractivity contribution in [3.05, 3.63) is 89.5 Å². The van der Waals surface area contributed by atoms with Crippen LogP contribution in [0.2, 0.25) is 0 Å². The van der Waals surface area contributed by atoms with Gasteiger partial charge in [0, 0.05) is 22.4 Å². The number of anilines is 2. The maximum atomic E-state index is 12.6. The number of hydrogen-bond acceptors (Lipinski definition) is 4. The van der Waals surface area contributed by atoms with Crippen LogP contribution in [0.5, 0.6) is 5.75 Å². The van der Waals surface area contributed by atoms with Crippen molar-refractivity contribution in [2.45, 2.75) is 0 Å². The van der Waals surface area contributed by atoms with Crippen molar-refractivity contribution >= 4 is 29.1 Å². The zero-order valence-electron chi connectivity index (χ0n) is 14.7. The summed E-state index contributed by atoms with van der Waals surface area (Å²) in [6.07, 6.45) is 0. The third-order valence-corrected chi connectivity index (χ3v) is 3.93. The van der Waals surface area contributed by atoms with E-state index in [9.17, 15) is 19.5 Å². The zero-order chi connectivity index (χ0) is 20.1. The number of para-hydroxylation sites is 2. The minimum absolute atomic E-state index is 0.0632. The minimum Gasteiger partial charge on any atom is -0.506 e. The summed E-state index contributed by atoms with van der Waals surface area (Å²) in [5, 5.41) is 15.0. The van der Waals surface area contributed by atoms with E-state index in [2.05, 4.69) is 10.6 Å². The molecule has 0 aliphatic heterocycles. The highest BCUT2D eigenvalue weighted by molar-refractivity contribution is 6.09. The second-order valence-electron chi connectivity index (χ2n) is 5.95. The number of primary amides is 1. The first kappa shape index (κ1) is 18.7. The number of phenols is 1. The van der Waals surface area contributed by atoms with Gasteiger partial charge in [0.2, 0.25) is 5.91 Å². The first-order valence-corrected chi connectivity index (χ1v) is 8.34. The summed E-state index contributed by atoms with van der Waals surface area (Å²) in [6.45, 7) is 0. The molecule has 140 valence electrons. The molecule has 0 aliphatic rings. The number of carbonyl (C=O) groups is 3. The van der Waals surface area contributed by atoms with Crippen LogP contribution in [0.25, 0.3) is 0 Å². The minimum atomic E-state index is -0.743. The smallest absolute Gasteiger partial charge is 0.255 e. The fraction of sp³-hybridized carbons (Fsp3) is 0. The lowest BCUT2D eigenvalue weighted by atomic mass is 10.1. The van der Waals surface area contributed by atoms with Crippen molar-refractivity contribution in [1.29, 1.82) is 0 Å². The van der Waals surface area contributed by atoms with Gasteiger partial charge in [0.15, 0.2) is 0 Å². The summed E-state index contributed by atoms with van der Waals surface area (Å²) < 4.78 is 0. The highest BCUT2D eigenvalue weighted by Gasteiger charge is 2.15. The molecule has 5 N–H and O–H groups in total. The van der Waals surface area contributed by atoms with Crippen molar-refractivity contribution in [1.82, 2.24) is 0 Å². The molecule has 0 aromatic heterocycles. The van der Waals surface area contributed by atoms with Crippen molar-refractivity contribution in [3.8, 4) is 5.75 Å². The normalized spacial score (nSPS) is 10.1.